The summed E-state index contributed by atoms with van der Waals surface area (Å²) in [5.41, 5.74) is 0.677. The van der Waals surface area contributed by atoms with Gasteiger partial charge in [0.05, 0.1) is 12.0 Å². The number of sulfonamides is 1. The number of hydrogen-bond acceptors (Lipinski definition) is 4. The molecule has 28 heavy (non-hydrogen) atoms. The number of methoxy groups -OCH3 is 1. The molecule has 1 aliphatic rings. The molecule has 7 nitrogen and oxygen atoms in total. The van der Waals surface area contributed by atoms with Crippen LogP contribution in [0.1, 0.15) is 12.8 Å². The molecule has 2 aromatic carbocycles. The maximum atomic E-state index is 12.5. The zero-order chi connectivity index (χ0) is 20.1. The van der Waals surface area contributed by atoms with Crippen LogP contribution in [0, 0.1) is 0 Å². The fourth-order valence-electron chi connectivity index (χ4n) is 2.98. The predicted octanol–water partition coefficient (Wildman–Crippen LogP) is 3.32. The lowest BCUT2D eigenvalue weighted by Gasteiger charge is -2.32. The Morgan fingerprint density at radius 3 is 2.25 bits per heavy atom. The van der Waals surface area contributed by atoms with Gasteiger partial charge in [0.15, 0.2) is 0 Å². The molecule has 0 radical (unpaired) electrons. The third kappa shape index (κ3) is 5.15. The Morgan fingerprint density at radius 2 is 1.68 bits per heavy atom. The minimum absolute atomic E-state index is 0.177. The lowest BCUT2D eigenvalue weighted by molar-refractivity contribution is 0.193. The van der Waals surface area contributed by atoms with Gasteiger partial charge in [0, 0.05) is 29.8 Å². The lowest BCUT2D eigenvalue weighted by atomic mass is 10.1. The molecular formula is C19H22ClN3O4S. The summed E-state index contributed by atoms with van der Waals surface area (Å²) < 4.78 is 32.7. The van der Waals surface area contributed by atoms with Crippen molar-refractivity contribution in [3.8, 4) is 5.75 Å². The van der Waals surface area contributed by atoms with Gasteiger partial charge in [-0.2, -0.15) is 0 Å². The van der Waals surface area contributed by atoms with E-state index in [1.807, 2.05) is 0 Å². The van der Waals surface area contributed by atoms with E-state index in [0.717, 1.165) is 0 Å². The summed E-state index contributed by atoms with van der Waals surface area (Å²) in [7, 11) is -2.03. The summed E-state index contributed by atoms with van der Waals surface area (Å²) in [5, 5.41) is 3.32. The summed E-state index contributed by atoms with van der Waals surface area (Å²) >= 11 is 5.81. The quantitative estimate of drug-likeness (QED) is 0.772. The van der Waals surface area contributed by atoms with E-state index in [9.17, 15) is 13.2 Å². The number of hydrogen-bond donors (Lipinski definition) is 2. The summed E-state index contributed by atoms with van der Waals surface area (Å²) in [4.78, 5) is 14.3. The summed E-state index contributed by atoms with van der Waals surface area (Å²) in [6, 6.07) is 12.7. The van der Waals surface area contributed by atoms with Crippen LogP contribution in [0.25, 0.3) is 0 Å². The third-order valence-electron chi connectivity index (χ3n) is 4.57. The summed E-state index contributed by atoms with van der Waals surface area (Å²) in [5.74, 6) is 0.715. The molecule has 2 aromatic rings. The molecule has 2 N–H and O–H groups in total. The Bertz CT molecular complexity index is 909. The Kier molecular flexibility index (Phi) is 6.43. The van der Waals surface area contributed by atoms with E-state index in [2.05, 4.69) is 10.0 Å². The van der Waals surface area contributed by atoms with Gasteiger partial charge >= 0.3 is 6.03 Å². The highest BCUT2D eigenvalue weighted by molar-refractivity contribution is 7.89. The van der Waals surface area contributed by atoms with Gasteiger partial charge in [0.25, 0.3) is 0 Å². The van der Waals surface area contributed by atoms with Gasteiger partial charge in [-0.05, 0) is 61.4 Å². The number of piperidine rings is 1. The smallest absolute Gasteiger partial charge is 0.321 e. The van der Waals surface area contributed by atoms with Crippen molar-refractivity contribution in [1.82, 2.24) is 9.62 Å². The number of urea groups is 1. The van der Waals surface area contributed by atoms with Gasteiger partial charge in [-0.25, -0.2) is 17.9 Å². The van der Waals surface area contributed by atoms with Crippen molar-refractivity contribution in [2.45, 2.75) is 23.8 Å². The van der Waals surface area contributed by atoms with E-state index in [1.165, 1.54) is 12.1 Å². The first-order valence-electron chi connectivity index (χ1n) is 8.85. The monoisotopic (exact) mass is 423 g/mol. The van der Waals surface area contributed by atoms with Gasteiger partial charge in [-0.3, -0.25) is 0 Å². The van der Waals surface area contributed by atoms with E-state index in [1.54, 1.807) is 48.4 Å². The maximum Gasteiger partial charge on any atom is 0.321 e. The highest BCUT2D eigenvalue weighted by atomic mass is 35.5. The molecule has 0 unspecified atom stereocenters. The third-order valence-corrected chi connectivity index (χ3v) is 6.36. The molecule has 9 heteroatoms. The van der Waals surface area contributed by atoms with Crippen molar-refractivity contribution < 1.29 is 17.9 Å². The topological polar surface area (TPSA) is 87.7 Å². The molecule has 0 bridgehead atoms. The van der Waals surface area contributed by atoms with E-state index in [4.69, 9.17) is 16.3 Å². The minimum atomic E-state index is -3.61. The number of likely N-dealkylation sites (tertiary alicyclic amines) is 1. The Morgan fingerprint density at radius 1 is 1.07 bits per heavy atom. The average molecular weight is 424 g/mol. The molecule has 1 aliphatic heterocycles. The second kappa shape index (κ2) is 8.81. The molecule has 1 fully saturated rings. The largest absolute Gasteiger partial charge is 0.497 e. The molecule has 3 rings (SSSR count). The van der Waals surface area contributed by atoms with E-state index >= 15 is 0 Å². The molecule has 0 aliphatic carbocycles. The molecule has 1 heterocycles. The van der Waals surface area contributed by atoms with Crippen molar-refractivity contribution in [1.29, 1.82) is 0 Å². The summed E-state index contributed by atoms with van der Waals surface area (Å²) in [6.07, 6.45) is 1.09. The number of amides is 2. The SMILES string of the molecule is COc1ccc(NC(=O)N2CCC(NS(=O)(=O)c3ccc(Cl)cc3)CC2)cc1. The Balaban J connectivity index is 1.52. The normalized spacial score (nSPS) is 15.3. The van der Waals surface area contributed by atoms with Crippen LogP contribution in [0.5, 0.6) is 5.75 Å². The zero-order valence-corrected chi connectivity index (χ0v) is 17.0. The average Bonchev–Trinajstić information content (AvgIpc) is 2.69. The number of nitrogens with zero attached hydrogens (tertiary/aromatic N) is 1. The number of nitrogens with one attached hydrogen (secondary N) is 2. The first-order valence-corrected chi connectivity index (χ1v) is 10.7. The van der Waals surface area contributed by atoms with Crippen LogP contribution < -0.4 is 14.8 Å². The number of carbonyl (C=O) groups is 1. The van der Waals surface area contributed by atoms with Crippen LogP contribution in [0.3, 0.4) is 0 Å². The van der Waals surface area contributed by atoms with Crippen LogP contribution in [-0.4, -0.2) is 45.6 Å². The van der Waals surface area contributed by atoms with Gasteiger partial charge in [-0.1, -0.05) is 11.6 Å². The molecule has 0 spiro atoms. The van der Waals surface area contributed by atoms with Gasteiger partial charge in [0.2, 0.25) is 10.0 Å². The van der Waals surface area contributed by atoms with E-state index in [-0.39, 0.29) is 17.0 Å². The minimum Gasteiger partial charge on any atom is -0.497 e. The second-order valence-electron chi connectivity index (χ2n) is 6.50. The highest BCUT2D eigenvalue weighted by Gasteiger charge is 2.26. The van der Waals surface area contributed by atoms with Crippen LogP contribution in [-0.2, 0) is 10.0 Å². The number of ether oxygens (including phenoxy) is 1. The fourth-order valence-corrected chi connectivity index (χ4v) is 4.41. The van der Waals surface area contributed by atoms with Crippen molar-refractivity contribution in [3.63, 3.8) is 0 Å². The number of carbonyl (C=O) groups excluding carboxylic acids is 1. The number of halogens is 1. The van der Waals surface area contributed by atoms with Crippen molar-refractivity contribution in [2.24, 2.45) is 0 Å². The number of rotatable bonds is 5. The van der Waals surface area contributed by atoms with E-state index in [0.29, 0.717) is 42.4 Å². The van der Waals surface area contributed by atoms with Crippen molar-refractivity contribution in [3.05, 3.63) is 53.6 Å². The van der Waals surface area contributed by atoms with Gasteiger partial charge < -0.3 is 15.0 Å². The standard InChI is InChI=1S/C19H22ClN3O4S/c1-27-17-6-4-15(5-7-17)21-19(24)23-12-10-16(11-13-23)22-28(25,26)18-8-2-14(20)3-9-18/h2-9,16,22H,10-13H2,1H3,(H,21,24). The first kappa shape index (κ1) is 20.4. The fraction of sp³-hybridized carbons (Fsp3) is 0.316. The van der Waals surface area contributed by atoms with Crippen molar-refractivity contribution in [2.75, 3.05) is 25.5 Å². The van der Waals surface area contributed by atoms with Gasteiger partial charge in [-0.15, -0.1) is 0 Å². The van der Waals surface area contributed by atoms with Crippen LogP contribution in [0.4, 0.5) is 10.5 Å². The molecule has 0 aromatic heterocycles. The molecule has 0 atom stereocenters. The molecule has 0 saturated carbocycles. The van der Waals surface area contributed by atoms with Crippen molar-refractivity contribution >= 4 is 33.3 Å². The maximum absolute atomic E-state index is 12.5. The van der Waals surface area contributed by atoms with Crippen LogP contribution in [0.15, 0.2) is 53.4 Å². The Labute approximate surface area is 169 Å². The molecule has 1 saturated heterocycles. The van der Waals surface area contributed by atoms with Gasteiger partial charge in [0.1, 0.15) is 5.75 Å². The van der Waals surface area contributed by atoms with E-state index < -0.39 is 10.0 Å². The highest BCUT2D eigenvalue weighted by Crippen LogP contribution is 2.19. The van der Waals surface area contributed by atoms with Crippen LogP contribution >= 0.6 is 11.6 Å². The molecule has 150 valence electrons. The number of benzene rings is 2. The first-order chi connectivity index (χ1) is 13.4. The molecular weight excluding hydrogens is 402 g/mol. The predicted molar refractivity (Wildman–Crippen MR) is 108 cm³/mol. The summed E-state index contributed by atoms with van der Waals surface area (Å²) in [6.45, 7) is 0.936. The second-order valence-corrected chi connectivity index (χ2v) is 8.65. The molecule has 2 amide bonds. The van der Waals surface area contributed by atoms with Crippen LogP contribution in [0.2, 0.25) is 5.02 Å². The Hall–Kier alpha value is -2.29. The zero-order valence-electron chi connectivity index (χ0n) is 15.4. The lowest BCUT2D eigenvalue weighted by Crippen LogP contribution is -2.47. The number of anilines is 1.